The summed E-state index contributed by atoms with van der Waals surface area (Å²) in [5, 5.41) is 4.82. The van der Waals surface area contributed by atoms with Gasteiger partial charge in [-0.3, -0.25) is 14.4 Å². The third kappa shape index (κ3) is 5.06. The van der Waals surface area contributed by atoms with Crippen molar-refractivity contribution in [3.05, 3.63) is 60.4 Å². The topological polar surface area (TPSA) is 81.8 Å². The van der Waals surface area contributed by atoms with Crippen molar-refractivity contribution in [3.8, 4) is 0 Å². The monoisotopic (exact) mass is 384 g/mol. The molecule has 146 valence electrons. The van der Waals surface area contributed by atoms with Gasteiger partial charge in [-0.2, -0.15) is 0 Å². The number of benzene rings is 2. The Labute approximate surface area is 162 Å². The zero-order valence-electron chi connectivity index (χ0n) is 15.2. The molecule has 8 heteroatoms. The predicted molar refractivity (Wildman–Crippen MR) is 103 cm³/mol. The Balaban J connectivity index is 1.42. The summed E-state index contributed by atoms with van der Waals surface area (Å²) in [5.74, 6) is -2.22. The van der Waals surface area contributed by atoms with Gasteiger partial charge in [0.05, 0.1) is 6.54 Å². The van der Waals surface area contributed by atoms with E-state index in [1.165, 1.54) is 12.1 Å². The average Bonchev–Trinajstić information content (AvgIpc) is 2.73. The molecule has 2 N–H and O–H groups in total. The minimum absolute atomic E-state index is 0.239. The molecular weight excluding hydrogens is 363 g/mol. The van der Waals surface area contributed by atoms with Crippen molar-refractivity contribution in [3.63, 3.8) is 0 Å². The molecule has 1 aliphatic heterocycles. The molecule has 2 aromatic carbocycles. The molecule has 3 amide bonds. The Hall–Kier alpha value is -3.42. The van der Waals surface area contributed by atoms with E-state index < -0.39 is 11.8 Å². The highest BCUT2D eigenvalue weighted by Crippen LogP contribution is 2.16. The van der Waals surface area contributed by atoms with E-state index in [1.54, 1.807) is 47.4 Å². The summed E-state index contributed by atoms with van der Waals surface area (Å²) in [6.07, 6.45) is 0. The second-order valence-electron chi connectivity index (χ2n) is 6.35. The number of para-hydroxylation sites is 1. The van der Waals surface area contributed by atoms with Gasteiger partial charge in [0, 0.05) is 37.6 Å². The second kappa shape index (κ2) is 8.98. The quantitative estimate of drug-likeness (QED) is 0.777. The van der Waals surface area contributed by atoms with E-state index in [4.69, 9.17) is 0 Å². The summed E-state index contributed by atoms with van der Waals surface area (Å²) >= 11 is 0. The molecule has 1 aliphatic rings. The van der Waals surface area contributed by atoms with E-state index in [0.29, 0.717) is 31.9 Å². The maximum Gasteiger partial charge on any atom is 0.313 e. The van der Waals surface area contributed by atoms with Crippen LogP contribution >= 0.6 is 0 Å². The number of piperazine rings is 1. The number of carbonyl (C=O) groups is 3. The van der Waals surface area contributed by atoms with Crippen molar-refractivity contribution in [2.24, 2.45) is 0 Å². The van der Waals surface area contributed by atoms with Gasteiger partial charge in [0.15, 0.2) is 0 Å². The van der Waals surface area contributed by atoms with E-state index >= 15 is 0 Å². The molecule has 3 rings (SSSR count). The van der Waals surface area contributed by atoms with Crippen LogP contribution in [0.4, 0.5) is 15.8 Å². The number of hydrogen-bond donors (Lipinski definition) is 2. The number of nitrogens with one attached hydrogen (secondary N) is 2. The lowest BCUT2D eigenvalue weighted by molar-refractivity contribution is -0.138. The molecule has 2 aromatic rings. The van der Waals surface area contributed by atoms with Crippen LogP contribution in [0.1, 0.15) is 0 Å². The van der Waals surface area contributed by atoms with Gasteiger partial charge in [0.1, 0.15) is 5.82 Å². The first kappa shape index (κ1) is 19.3. The lowest BCUT2D eigenvalue weighted by atomic mass is 10.2. The van der Waals surface area contributed by atoms with Crippen LogP contribution in [0.25, 0.3) is 0 Å². The highest BCUT2D eigenvalue weighted by molar-refractivity contribution is 6.39. The minimum atomic E-state index is -0.859. The molecule has 0 spiro atoms. The fourth-order valence-electron chi connectivity index (χ4n) is 2.92. The maximum atomic E-state index is 13.0. The van der Waals surface area contributed by atoms with Gasteiger partial charge >= 0.3 is 11.8 Å². The lowest BCUT2D eigenvalue weighted by Crippen LogP contribution is -2.51. The highest BCUT2D eigenvalue weighted by atomic mass is 19.1. The van der Waals surface area contributed by atoms with Crippen molar-refractivity contribution >= 4 is 29.1 Å². The van der Waals surface area contributed by atoms with E-state index in [0.717, 1.165) is 5.69 Å². The average molecular weight is 384 g/mol. The largest absolute Gasteiger partial charge is 0.368 e. The molecule has 0 atom stereocenters. The molecule has 0 unspecified atom stereocenters. The van der Waals surface area contributed by atoms with Crippen LogP contribution in [0, 0.1) is 5.82 Å². The van der Waals surface area contributed by atoms with Crippen LogP contribution in [0.5, 0.6) is 0 Å². The van der Waals surface area contributed by atoms with E-state index in [9.17, 15) is 18.8 Å². The Morgan fingerprint density at radius 2 is 1.50 bits per heavy atom. The van der Waals surface area contributed by atoms with Gasteiger partial charge in [-0.1, -0.05) is 18.2 Å². The number of hydrogen-bond acceptors (Lipinski definition) is 4. The summed E-state index contributed by atoms with van der Waals surface area (Å²) in [7, 11) is 0. The van der Waals surface area contributed by atoms with Crippen LogP contribution in [-0.2, 0) is 14.4 Å². The van der Waals surface area contributed by atoms with Crippen LogP contribution in [0.15, 0.2) is 54.6 Å². The number of nitrogens with zero attached hydrogens (tertiary/aromatic N) is 2. The molecule has 0 radical (unpaired) electrons. The van der Waals surface area contributed by atoms with Crippen molar-refractivity contribution in [1.82, 2.24) is 10.2 Å². The van der Waals surface area contributed by atoms with Gasteiger partial charge in [-0.25, -0.2) is 4.39 Å². The first-order valence-electron chi connectivity index (χ1n) is 8.95. The minimum Gasteiger partial charge on any atom is -0.368 e. The number of carbonyl (C=O) groups excluding carboxylic acids is 3. The number of amides is 3. The van der Waals surface area contributed by atoms with E-state index in [1.807, 2.05) is 0 Å². The molecule has 0 saturated carbocycles. The van der Waals surface area contributed by atoms with Gasteiger partial charge in [0.25, 0.3) is 0 Å². The first-order chi connectivity index (χ1) is 13.5. The normalized spacial score (nSPS) is 13.8. The van der Waals surface area contributed by atoms with Gasteiger partial charge in [-0.05, 0) is 36.4 Å². The number of anilines is 2. The Kier molecular flexibility index (Phi) is 6.21. The smallest absolute Gasteiger partial charge is 0.313 e. The van der Waals surface area contributed by atoms with Crippen LogP contribution in [0.2, 0.25) is 0 Å². The molecular formula is C20H21FN4O3. The summed E-state index contributed by atoms with van der Waals surface area (Å²) in [5.41, 5.74) is 1.41. The molecule has 7 nitrogen and oxygen atoms in total. The molecule has 1 saturated heterocycles. The van der Waals surface area contributed by atoms with E-state index in [2.05, 4.69) is 15.5 Å². The van der Waals surface area contributed by atoms with Crippen LogP contribution < -0.4 is 15.5 Å². The zero-order chi connectivity index (χ0) is 19.9. The third-order valence-corrected chi connectivity index (χ3v) is 4.46. The van der Waals surface area contributed by atoms with Crippen molar-refractivity contribution in [2.75, 3.05) is 42.9 Å². The predicted octanol–water partition coefficient (Wildman–Crippen LogP) is 1.23. The SMILES string of the molecule is O=C(NCC(=O)N1CCN(c2ccc(F)cc2)CC1)C(=O)Nc1ccccc1. The lowest BCUT2D eigenvalue weighted by Gasteiger charge is -2.36. The molecule has 0 bridgehead atoms. The summed E-state index contributed by atoms with van der Waals surface area (Å²) in [6.45, 7) is 1.96. The molecule has 0 aromatic heterocycles. The zero-order valence-corrected chi connectivity index (χ0v) is 15.2. The molecule has 0 aliphatic carbocycles. The van der Waals surface area contributed by atoms with Gasteiger partial charge in [0.2, 0.25) is 5.91 Å². The van der Waals surface area contributed by atoms with Crippen molar-refractivity contribution in [1.29, 1.82) is 0 Å². The third-order valence-electron chi connectivity index (χ3n) is 4.46. The Morgan fingerprint density at radius 1 is 0.857 bits per heavy atom. The number of rotatable bonds is 4. The van der Waals surface area contributed by atoms with E-state index in [-0.39, 0.29) is 18.3 Å². The first-order valence-corrected chi connectivity index (χ1v) is 8.95. The Morgan fingerprint density at radius 3 is 2.14 bits per heavy atom. The summed E-state index contributed by atoms with van der Waals surface area (Å²) in [6, 6.07) is 14.8. The van der Waals surface area contributed by atoms with Crippen molar-refractivity contribution < 1.29 is 18.8 Å². The van der Waals surface area contributed by atoms with Gasteiger partial charge in [-0.15, -0.1) is 0 Å². The molecule has 28 heavy (non-hydrogen) atoms. The van der Waals surface area contributed by atoms with Crippen LogP contribution in [0.3, 0.4) is 0 Å². The fraction of sp³-hybridized carbons (Fsp3) is 0.250. The fourth-order valence-corrected chi connectivity index (χ4v) is 2.92. The van der Waals surface area contributed by atoms with Crippen LogP contribution in [-0.4, -0.2) is 55.3 Å². The molecule has 1 fully saturated rings. The maximum absolute atomic E-state index is 13.0. The number of halogens is 1. The molecule has 1 heterocycles. The van der Waals surface area contributed by atoms with Gasteiger partial charge < -0.3 is 20.4 Å². The summed E-state index contributed by atoms with van der Waals surface area (Å²) in [4.78, 5) is 39.7. The second-order valence-corrected chi connectivity index (χ2v) is 6.35. The van der Waals surface area contributed by atoms with Crippen molar-refractivity contribution in [2.45, 2.75) is 0 Å². The standard InChI is InChI=1S/C20H21FN4O3/c21-15-6-8-17(9-7-15)24-10-12-25(13-11-24)18(26)14-22-19(27)20(28)23-16-4-2-1-3-5-16/h1-9H,10-14H2,(H,22,27)(H,23,28). The highest BCUT2D eigenvalue weighted by Gasteiger charge is 2.22. The Bertz CT molecular complexity index is 834. The summed E-state index contributed by atoms with van der Waals surface area (Å²) < 4.78 is 13.0.